The summed E-state index contributed by atoms with van der Waals surface area (Å²) in [4.78, 5) is 24.5. The molecular weight excluding hydrogens is 253 g/mol. The van der Waals surface area contributed by atoms with Gasteiger partial charge in [0.2, 0.25) is 11.8 Å². The highest BCUT2D eigenvalue weighted by molar-refractivity contribution is 6.01. The minimum absolute atomic E-state index is 0.0618. The first-order valence-electron chi connectivity index (χ1n) is 5.56. The molecule has 0 atom stereocenters. The van der Waals surface area contributed by atoms with E-state index in [4.69, 9.17) is 5.11 Å². The Balaban J connectivity index is 2.46. The van der Waals surface area contributed by atoms with Crippen LogP contribution in [0.3, 0.4) is 0 Å². The van der Waals surface area contributed by atoms with Crippen LogP contribution in [0.2, 0.25) is 0 Å². The monoisotopic (exact) mass is 268 g/mol. The van der Waals surface area contributed by atoms with Crippen LogP contribution >= 0.6 is 0 Å². The highest BCUT2D eigenvalue weighted by Crippen LogP contribution is 2.17. The van der Waals surface area contributed by atoms with Crippen molar-refractivity contribution in [3.05, 3.63) is 0 Å². The quantitative estimate of drug-likeness (QED) is 0.688. The number of alkyl halides is 3. The predicted molar refractivity (Wildman–Crippen MR) is 55.5 cm³/mol. The molecule has 8 heteroatoms. The molecule has 0 bridgehead atoms. The van der Waals surface area contributed by atoms with Crippen molar-refractivity contribution in [1.29, 1.82) is 0 Å². The molecule has 104 valence electrons. The van der Waals surface area contributed by atoms with Gasteiger partial charge in [0.1, 0.15) is 0 Å². The summed E-state index contributed by atoms with van der Waals surface area (Å²) in [6.07, 6.45) is -4.12. The first-order chi connectivity index (χ1) is 8.33. The fourth-order valence-corrected chi connectivity index (χ4v) is 1.78. The van der Waals surface area contributed by atoms with E-state index in [0.717, 1.165) is 9.80 Å². The lowest BCUT2D eigenvalue weighted by Gasteiger charge is -2.24. The van der Waals surface area contributed by atoms with E-state index in [-0.39, 0.29) is 44.3 Å². The summed E-state index contributed by atoms with van der Waals surface area (Å²) in [5.41, 5.74) is 0. The zero-order valence-corrected chi connectivity index (χ0v) is 9.74. The lowest BCUT2D eigenvalue weighted by molar-refractivity contribution is -0.148. The Kier molecular flexibility index (Phi) is 5.09. The number of hydrogen-bond donors (Lipinski definition) is 1. The number of rotatable bonds is 6. The molecule has 0 aromatic rings. The van der Waals surface area contributed by atoms with Gasteiger partial charge >= 0.3 is 6.18 Å². The molecule has 0 spiro atoms. The van der Waals surface area contributed by atoms with E-state index in [2.05, 4.69) is 0 Å². The molecule has 0 aromatic heterocycles. The molecular formula is C10H15F3N2O3. The first kappa shape index (κ1) is 14.9. The summed E-state index contributed by atoms with van der Waals surface area (Å²) in [5, 5.41) is 8.67. The van der Waals surface area contributed by atoms with Crippen molar-refractivity contribution in [2.75, 3.05) is 32.8 Å². The largest absolute Gasteiger partial charge is 0.401 e. The Morgan fingerprint density at radius 1 is 1.17 bits per heavy atom. The van der Waals surface area contributed by atoms with Crippen molar-refractivity contribution in [3.63, 3.8) is 0 Å². The number of carbonyl (C=O) groups excluding carboxylic acids is 2. The summed E-state index contributed by atoms with van der Waals surface area (Å²) < 4.78 is 36.6. The molecule has 18 heavy (non-hydrogen) atoms. The Bertz CT molecular complexity index is 304. The zero-order valence-electron chi connectivity index (χ0n) is 9.74. The highest BCUT2D eigenvalue weighted by atomic mass is 19.4. The molecule has 2 amide bonds. The number of nitrogens with zero attached hydrogens (tertiary/aromatic N) is 2. The van der Waals surface area contributed by atoms with Gasteiger partial charge in [-0.05, 0) is 0 Å². The van der Waals surface area contributed by atoms with Crippen LogP contribution in [0.1, 0.15) is 12.8 Å². The summed E-state index contributed by atoms with van der Waals surface area (Å²) in [5.74, 6) is -0.702. The van der Waals surface area contributed by atoms with Crippen LogP contribution in [-0.4, -0.2) is 65.7 Å². The molecule has 1 fully saturated rings. The number of hydrogen-bond acceptors (Lipinski definition) is 4. The molecule has 1 aliphatic heterocycles. The third-order valence-electron chi connectivity index (χ3n) is 2.61. The first-order valence-corrected chi connectivity index (χ1v) is 5.56. The molecule has 1 rings (SSSR count). The van der Waals surface area contributed by atoms with Gasteiger partial charge in [-0.3, -0.25) is 19.4 Å². The third kappa shape index (κ3) is 4.61. The molecule has 1 heterocycles. The van der Waals surface area contributed by atoms with Gasteiger partial charge in [0.05, 0.1) is 13.2 Å². The summed E-state index contributed by atoms with van der Waals surface area (Å²) in [6, 6.07) is 0. The number of aliphatic hydroxyl groups excluding tert-OH is 1. The molecule has 0 aromatic carbocycles. The van der Waals surface area contributed by atoms with Gasteiger partial charge in [-0.2, -0.15) is 13.2 Å². The molecule has 0 radical (unpaired) electrons. The number of imide groups is 1. The van der Waals surface area contributed by atoms with E-state index in [1.54, 1.807) is 0 Å². The normalized spacial score (nSPS) is 17.1. The van der Waals surface area contributed by atoms with Gasteiger partial charge in [0.15, 0.2) is 0 Å². The van der Waals surface area contributed by atoms with Crippen LogP contribution in [0.25, 0.3) is 0 Å². The average molecular weight is 268 g/mol. The minimum Gasteiger partial charge on any atom is -0.395 e. The standard InChI is InChI=1S/C10H15F3N2O3/c11-10(12,13)7-14(5-6-16)3-4-15-8(17)1-2-9(15)18/h16H,1-7H2. The van der Waals surface area contributed by atoms with Gasteiger partial charge < -0.3 is 5.11 Å². The van der Waals surface area contributed by atoms with Crippen molar-refractivity contribution in [3.8, 4) is 0 Å². The third-order valence-corrected chi connectivity index (χ3v) is 2.61. The topological polar surface area (TPSA) is 60.9 Å². The van der Waals surface area contributed by atoms with Crippen LogP contribution in [-0.2, 0) is 9.59 Å². The van der Waals surface area contributed by atoms with E-state index in [1.165, 1.54) is 0 Å². The van der Waals surface area contributed by atoms with Crippen LogP contribution in [0.5, 0.6) is 0 Å². The Morgan fingerprint density at radius 3 is 2.17 bits per heavy atom. The van der Waals surface area contributed by atoms with Gasteiger partial charge in [-0.15, -0.1) is 0 Å². The van der Waals surface area contributed by atoms with Crippen LogP contribution in [0.15, 0.2) is 0 Å². The van der Waals surface area contributed by atoms with E-state index < -0.39 is 19.3 Å². The summed E-state index contributed by atoms with van der Waals surface area (Å²) in [6.45, 7) is -1.86. The molecule has 0 unspecified atom stereocenters. The Labute approximate surface area is 102 Å². The van der Waals surface area contributed by atoms with Gasteiger partial charge in [-0.1, -0.05) is 0 Å². The molecule has 0 saturated carbocycles. The second-order valence-corrected chi connectivity index (χ2v) is 4.05. The molecule has 1 saturated heterocycles. The molecule has 1 N–H and O–H groups in total. The smallest absolute Gasteiger partial charge is 0.395 e. The van der Waals surface area contributed by atoms with E-state index in [9.17, 15) is 22.8 Å². The lowest BCUT2D eigenvalue weighted by Crippen LogP contribution is -2.42. The Hall–Kier alpha value is -1.15. The Morgan fingerprint density at radius 2 is 1.72 bits per heavy atom. The average Bonchev–Trinajstić information content (AvgIpc) is 2.54. The maximum absolute atomic E-state index is 12.2. The molecule has 5 nitrogen and oxygen atoms in total. The highest BCUT2D eigenvalue weighted by Gasteiger charge is 2.32. The molecule has 1 aliphatic rings. The van der Waals surface area contributed by atoms with Gasteiger partial charge in [0, 0.05) is 32.5 Å². The fraction of sp³-hybridized carbons (Fsp3) is 0.800. The van der Waals surface area contributed by atoms with Gasteiger partial charge in [-0.25, -0.2) is 0 Å². The van der Waals surface area contributed by atoms with Gasteiger partial charge in [0.25, 0.3) is 0 Å². The maximum Gasteiger partial charge on any atom is 0.401 e. The van der Waals surface area contributed by atoms with E-state index in [0.29, 0.717) is 0 Å². The summed E-state index contributed by atoms with van der Waals surface area (Å²) in [7, 11) is 0. The lowest BCUT2D eigenvalue weighted by atomic mass is 10.4. The van der Waals surface area contributed by atoms with Crippen LogP contribution < -0.4 is 0 Å². The van der Waals surface area contributed by atoms with Crippen molar-refractivity contribution in [1.82, 2.24) is 9.80 Å². The predicted octanol–water partition coefficient (Wildman–Crippen LogP) is -0.00800. The van der Waals surface area contributed by atoms with E-state index in [1.807, 2.05) is 0 Å². The number of halogens is 3. The second-order valence-electron chi connectivity index (χ2n) is 4.05. The van der Waals surface area contributed by atoms with Crippen LogP contribution in [0, 0.1) is 0 Å². The van der Waals surface area contributed by atoms with Crippen LogP contribution in [0.4, 0.5) is 13.2 Å². The zero-order chi connectivity index (χ0) is 13.8. The fourth-order valence-electron chi connectivity index (χ4n) is 1.78. The number of likely N-dealkylation sites (tertiary alicyclic amines) is 1. The SMILES string of the molecule is O=C1CCC(=O)N1CCN(CCO)CC(F)(F)F. The van der Waals surface area contributed by atoms with E-state index >= 15 is 0 Å². The van der Waals surface area contributed by atoms with Crippen molar-refractivity contribution in [2.45, 2.75) is 19.0 Å². The number of amides is 2. The summed E-state index contributed by atoms with van der Waals surface area (Å²) >= 11 is 0. The number of aliphatic hydroxyl groups is 1. The molecule has 0 aliphatic carbocycles. The number of carbonyl (C=O) groups is 2. The second kappa shape index (κ2) is 6.14. The maximum atomic E-state index is 12.2. The minimum atomic E-state index is -4.37. The van der Waals surface area contributed by atoms with Crippen molar-refractivity contribution in [2.24, 2.45) is 0 Å². The van der Waals surface area contributed by atoms with Crippen molar-refractivity contribution < 1.29 is 27.9 Å². The van der Waals surface area contributed by atoms with Crippen molar-refractivity contribution >= 4 is 11.8 Å².